The van der Waals surface area contributed by atoms with Crippen LogP contribution in [0.5, 0.6) is 0 Å². The molecule has 0 spiro atoms. The van der Waals surface area contributed by atoms with Gasteiger partial charge in [-0.05, 0) is 37.0 Å². The third kappa shape index (κ3) is 3.49. The predicted octanol–water partition coefficient (Wildman–Crippen LogP) is 3.87. The fraction of sp³-hybridized carbons (Fsp3) is 0.533. The summed E-state index contributed by atoms with van der Waals surface area (Å²) in [6, 6.07) is 7.99. The van der Waals surface area contributed by atoms with Crippen LogP contribution in [0.1, 0.15) is 52.0 Å². The SMILES string of the molecule is CCCC(C)(Nc1ccc(C(C)C)cc1)C(=O)O. The molecule has 0 saturated carbocycles. The lowest BCUT2D eigenvalue weighted by Crippen LogP contribution is -2.43. The number of nitrogens with one attached hydrogen (secondary N) is 1. The first-order chi connectivity index (χ1) is 8.39. The van der Waals surface area contributed by atoms with Crippen molar-refractivity contribution in [2.24, 2.45) is 0 Å². The van der Waals surface area contributed by atoms with Gasteiger partial charge in [-0.3, -0.25) is 0 Å². The first-order valence-electron chi connectivity index (χ1n) is 6.50. The molecule has 0 aliphatic carbocycles. The molecule has 18 heavy (non-hydrogen) atoms. The highest BCUT2D eigenvalue weighted by atomic mass is 16.4. The van der Waals surface area contributed by atoms with Crippen molar-refractivity contribution in [2.75, 3.05) is 5.32 Å². The molecule has 0 heterocycles. The highest BCUT2D eigenvalue weighted by Crippen LogP contribution is 2.23. The van der Waals surface area contributed by atoms with Crippen molar-refractivity contribution < 1.29 is 9.90 Å². The minimum absolute atomic E-state index is 0.487. The number of carbonyl (C=O) groups is 1. The Morgan fingerprint density at radius 1 is 1.33 bits per heavy atom. The monoisotopic (exact) mass is 249 g/mol. The summed E-state index contributed by atoms with van der Waals surface area (Å²) in [5.41, 5.74) is 1.22. The number of hydrogen-bond donors (Lipinski definition) is 2. The highest BCUT2D eigenvalue weighted by molar-refractivity contribution is 5.82. The van der Waals surface area contributed by atoms with Gasteiger partial charge in [0.05, 0.1) is 0 Å². The maximum Gasteiger partial charge on any atom is 0.329 e. The third-order valence-corrected chi connectivity index (χ3v) is 3.22. The molecule has 2 N–H and O–H groups in total. The van der Waals surface area contributed by atoms with Crippen molar-refractivity contribution in [3.8, 4) is 0 Å². The maximum absolute atomic E-state index is 11.3. The third-order valence-electron chi connectivity index (χ3n) is 3.22. The summed E-state index contributed by atoms with van der Waals surface area (Å²) < 4.78 is 0. The summed E-state index contributed by atoms with van der Waals surface area (Å²) in [4.78, 5) is 11.3. The number of carboxylic acids is 1. The molecule has 0 aromatic heterocycles. The topological polar surface area (TPSA) is 49.3 Å². The second-order valence-electron chi connectivity index (χ2n) is 5.29. The molecule has 0 radical (unpaired) electrons. The quantitative estimate of drug-likeness (QED) is 0.804. The number of anilines is 1. The van der Waals surface area contributed by atoms with E-state index < -0.39 is 11.5 Å². The minimum Gasteiger partial charge on any atom is -0.480 e. The van der Waals surface area contributed by atoms with E-state index in [1.165, 1.54) is 5.56 Å². The average Bonchev–Trinajstić information content (AvgIpc) is 2.29. The zero-order chi connectivity index (χ0) is 13.8. The molecule has 0 aliphatic rings. The molecule has 0 fully saturated rings. The van der Waals surface area contributed by atoms with Crippen molar-refractivity contribution in [3.05, 3.63) is 29.8 Å². The fourth-order valence-electron chi connectivity index (χ4n) is 1.99. The number of benzene rings is 1. The molecule has 0 amide bonds. The smallest absolute Gasteiger partial charge is 0.329 e. The van der Waals surface area contributed by atoms with Crippen LogP contribution in [0.4, 0.5) is 5.69 Å². The Morgan fingerprint density at radius 3 is 2.28 bits per heavy atom. The van der Waals surface area contributed by atoms with Gasteiger partial charge in [-0.2, -0.15) is 0 Å². The molecular weight excluding hydrogens is 226 g/mol. The maximum atomic E-state index is 11.3. The zero-order valence-electron chi connectivity index (χ0n) is 11.7. The number of carboxylic acid groups (broad SMARTS) is 1. The van der Waals surface area contributed by atoms with Crippen LogP contribution in [0.15, 0.2) is 24.3 Å². The van der Waals surface area contributed by atoms with Gasteiger partial charge in [0.15, 0.2) is 0 Å². The van der Waals surface area contributed by atoms with Crippen molar-refractivity contribution >= 4 is 11.7 Å². The van der Waals surface area contributed by atoms with E-state index in [0.29, 0.717) is 12.3 Å². The van der Waals surface area contributed by atoms with Crippen LogP contribution in [0.25, 0.3) is 0 Å². The van der Waals surface area contributed by atoms with E-state index in [1.807, 2.05) is 31.2 Å². The molecule has 1 atom stereocenters. The molecule has 100 valence electrons. The van der Waals surface area contributed by atoms with E-state index in [2.05, 4.69) is 19.2 Å². The van der Waals surface area contributed by atoms with Gasteiger partial charge in [-0.25, -0.2) is 4.79 Å². The Morgan fingerprint density at radius 2 is 1.89 bits per heavy atom. The second kappa shape index (κ2) is 5.89. The molecule has 1 unspecified atom stereocenters. The van der Waals surface area contributed by atoms with Gasteiger partial charge in [0.1, 0.15) is 5.54 Å². The van der Waals surface area contributed by atoms with Gasteiger partial charge in [-0.1, -0.05) is 39.3 Å². The van der Waals surface area contributed by atoms with Crippen LogP contribution in [-0.4, -0.2) is 16.6 Å². The predicted molar refractivity (Wildman–Crippen MR) is 75.1 cm³/mol. The summed E-state index contributed by atoms with van der Waals surface area (Å²) in [7, 11) is 0. The number of aliphatic carboxylic acids is 1. The average molecular weight is 249 g/mol. The van der Waals surface area contributed by atoms with Gasteiger partial charge in [0.2, 0.25) is 0 Å². The van der Waals surface area contributed by atoms with Crippen molar-refractivity contribution in [2.45, 2.75) is 52.0 Å². The molecule has 3 heteroatoms. The Labute approximate surface area is 109 Å². The summed E-state index contributed by atoms with van der Waals surface area (Å²) in [5.74, 6) is -0.321. The van der Waals surface area contributed by atoms with E-state index >= 15 is 0 Å². The lowest BCUT2D eigenvalue weighted by atomic mass is 9.95. The summed E-state index contributed by atoms with van der Waals surface area (Å²) in [6.07, 6.45) is 1.44. The zero-order valence-corrected chi connectivity index (χ0v) is 11.7. The number of rotatable bonds is 6. The van der Waals surface area contributed by atoms with Crippen LogP contribution < -0.4 is 5.32 Å². The lowest BCUT2D eigenvalue weighted by molar-refractivity contribution is -0.141. The summed E-state index contributed by atoms with van der Waals surface area (Å²) >= 11 is 0. The lowest BCUT2D eigenvalue weighted by Gasteiger charge is -2.27. The van der Waals surface area contributed by atoms with Crippen LogP contribution in [0.3, 0.4) is 0 Å². The molecule has 3 nitrogen and oxygen atoms in total. The Kier molecular flexibility index (Phi) is 4.76. The molecule has 0 aliphatic heterocycles. The second-order valence-corrected chi connectivity index (χ2v) is 5.29. The van der Waals surface area contributed by atoms with Gasteiger partial charge in [0, 0.05) is 5.69 Å². The van der Waals surface area contributed by atoms with Crippen LogP contribution in [0.2, 0.25) is 0 Å². The van der Waals surface area contributed by atoms with Gasteiger partial charge < -0.3 is 10.4 Å². The van der Waals surface area contributed by atoms with E-state index in [0.717, 1.165) is 12.1 Å². The Hall–Kier alpha value is -1.51. The van der Waals surface area contributed by atoms with Gasteiger partial charge in [0.25, 0.3) is 0 Å². The minimum atomic E-state index is -0.895. The van der Waals surface area contributed by atoms with Crippen LogP contribution in [-0.2, 0) is 4.79 Å². The molecule has 0 saturated heterocycles. The van der Waals surface area contributed by atoms with Crippen molar-refractivity contribution in [3.63, 3.8) is 0 Å². The van der Waals surface area contributed by atoms with E-state index in [4.69, 9.17) is 0 Å². The van der Waals surface area contributed by atoms with E-state index in [9.17, 15) is 9.90 Å². The van der Waals surface area contributed by atoms with Crippen LogP contribution >= 0.6 is 0 Å². The Bertz CT molecular complexity index is 397. The molecule has 1 rings (SSSR count). The van der Waals surface area contributed by atoms with Gasteiger partial charge >= 0.3 is 5.97 Å². The van der Waals surface area contributed by atoms with Crippen LogP contribution in [0, 0.1) is 0 Å². The molecule has 0 bridgehead atoms. The molecule has 1 aromatic carbocycles. The first-order valence-corrected chi connectivity index (χ1v) is 6.50. The normalized spacial score (nSPS) is 14.3. The Balaban J connectivity index is 2.85. The summed E-state index contributed by atoms with van der Waals surface area (Å²) in [6.45, 7) is 8.00. The van der Waals surface area contributed by atoms with Crippen molar-refractivity contribution in [1.29, 1.82) is 0 Å². The van der Waals surface area contributed by atoms with Crippen molar-refractivity contribution in [1.82, 2.24) is 0 Å². The highest BCUT2D eigenvalue weighted by Gasteiger charge is 2.31. The largest absolute Gasteiger partial charge is 0.480 e. The number of hydrogen-bond acceptors (Lipinski definition) is 2. The summed E-state index contributed by atoms with van der Waals surface area (Å²) in [5, 5.41) is 12.4. The van der Waals surface area contributed by atoms with Gasteiger partial charge in [-0.15, -0.1) is 0 Å². The molecule has 1 aromatic rings. The van der Waals surface area contributed by atoms with E-state index in [-0.39, 0.29) is 0 Å². The molecular formula is C15H23NO2. The fourth-order valence-corrected chi connectivity index (χ4v) is 1.99. The van der Waals surface area contributed by atoms with E-state index in [1.54, 1.807) is 6.92 Å². The standard InChI is InChI=1S/C15H23NO2/c1-5-10-15(4,14(17)18)16-13-8-6-12(7-9-13)11(2)3/h6-9,11,16H,5,10H2,1-4H3,(H,17,18). The first kappa shape index (κ1) is 14.6.